The Morgan fingerprint density at radius 2 is 1.89 bits per heavy atom. The molecule has 0 saturated carbocycles. The summed E-state index contributed by atoms with van der Waals surface area (Å²) in [6, 6.07) is 14.6. The van der Waals surface area contributed by atoms with Gasteiger partial charge < -0.3 is 10.0 Å². The molecule has 1 saturated heterocycles. The standard InChI is InChI=1S/C29H32N4O2/c1-4-26-20(10-11-33-17-25(18-33)29(34)35)6-5-7-27(26)24-15-31-28(32-16-24)22-9-8-21(12-19(2)3)23(13-22)14-30/h5-9,13,15-16,19,25H,4,10-12,17-18H2,1-3H3,(H,34,35). The van der Waals surface area contributed by atoms with Gasteiger partial charge in [0, 0.05) is 43.2 Å². The van der Waals surface area contributed by atoms with Gasteiger partial charge in [0.2, 0.25) is 0 Å². The van der Waals surface area contributed by atoms with Crippen LogP contribution in [0.2, 0.25) is 0 Å². The second-order valence-electron chi connectivity index (χ2n) is 9.72. The van der Waals surface area contributed by atoms with Crippen LogP contribution in [0, 0.1) is 23.2 Å². The molecule has 180 valence electrons. The largest absolute Gasteiger partial charge is 0.481 e. The first-order chi connectivity index (χ1) is 16.9. The molecule has 0 atom stereocenters. The molecule has 3 aromatic rings. The molecule has 0 aliphatic carbocycles. The molecule has 6 heteroatoms. The number of hydrogen-bond acceptors (Lipinski definition) is 5. The maximum Gasteiger partial charge on any atom is 0.309 e. The van der Waals surface area contributed by atoms with Crippen molar-refractivity contribution in [2.24, 2.45) is 11.8 Å². The lowest BCUT2D eigenvalue weighted by molar-refractivity contribution is -0.147. The summed E-state index contributed by atoms with van der Waals surface area (Å²) in [5, 5.41) is 18.7. The van der Waals surface area contributed by atoms with Gasteiger partial charge in [0.25, 0.3) is 0 Å². The minimum absolute atomic E-state index is 0.224. The van der Waals surface area contributed by atoms with Crippen LogP contribution in [0.15, 0.2) is 48.8 Å². The number of benzene rings is 2. The molecule has 35 heavy (non-hydrogen) atoms. The highest BCUT2D eigenvalue weighted by atomic mass is 16.4. The van der Waals surface area contributed by atoms with Crippen molar-refractivity contribution in [3.8, 4) is 28.6 Å². The van der Waals surface area contributed by atoms with Crippen LogP contribution in [0.4, 0.5) is 0 Å². The highest BCUT2D eigenvalue weighted by Crippen LogP contribution is 2.29. The number of likely N-dealkylation sites (tertiary alicyclic amines) is 1. The fraction of sp³-hybridized carbons (Fsp3) is 0.379. The van der Waals surface area contributed by atoms with Gasteiger partial charge in [0.05, 0.1) is 17.6 Å². The zero-order valence-electron chi connectivity index (χ0n) is 20.7. The molecule has 1 aliphatic heterocycles. The predicted molar refractivity (Wildman–Crippen MR) is 137 cm³/mol. The zero-order valence-corrected chi connectivity index (χ0v) is 20.7. The van der Waals surface area contributed by atoms with Gasteiger partial charge in [0.15, 0.2) is 5.82 Å². The molecule has 2 aromatic carbocycles. The van der Waals surface area contributed by atoms with Crippen LogP contribution in [0.25, 0.3) is 22.5 Å². The number of nitrogens with zero attached hydrogens (tertiary/aromatic N) is 4. The summed E-state index contributed by atoms with van der Waals surface area (Å²) in [6.45, 7) is 8.59. The van der Waals surface area contributed by atoms with Crippen LogP contribution < -0.4 is 0 Å². The Kier molecular flexibility index (Phi) is 7.57. The molecule has 4 rings (SSSR count). The Labute approximate surface area is 207 Å². The van der Waals surface area contributed by atoms with Crippen molar-refractivity contribution in [1.82, 2.24) is 14.9 Å². The second-order valence-corrected chi connectivity index (χ2v) is 9.72. The quantitative estimate of drug-likeness (QED) is 0.475. The number of aromatic nitrogens is 2. The van der Waals surface area contributed by atoms with Crippen molar-refractivity contribution in [2.45, 2.75) is 40.0 Å². The molecule has 0 unspecified atom stereocenters. The molecule has 0 radical (unpaired) electrons. The fourth-order valence-electron chi connectivity index (χ4n) is 4.80. The first-order valence-corrected chi connectivity index (χ1v) is 12.3. The topological polar surface area (TPSA) is 90.1 Å². The van der Waals surface area contributed by atoms with Crippen LogP contribution in [-0.4, -0.2) is 45.6 Å². The molecule has 1 aromatic heterocycles. The van der Waals surface area contributed by atoms with Gasteiger partial charge in [-0.15, -0.1) is 0 Å². The van der Waals surface area contributed by atoms with E-state index >= 15 is 0 Å². The minimum Gasteiger partial charge on any atom is -0.481 e. The van der Waals surface area contributed by atoms with E-state index in [-0.39, 0.29) is 5.92 Å². The Balaban J connectivity index is 1.52. The first-order valence-electron chi connectivity index (χ1n) is 12.3. The van der Waals surface area contributed by atoms with Crippen LogP contribution in [0.5, 0.6) is 0 Å². The third kappa shape index (κ3) is 5.58. The smallest absolute Gasteiger partial charge is 0.309 e. The molecule has 2 heterocycles. The number of aliphatic carboxylic acids is 1. The maximum atomic E-state index is 11.1. The highest BCUT2D eigenvalue weighted by Gasteiger charge is 2.31. The van der Waals surface area contributed by atoms with Crippen molar-refractivity contribution >= 4 is 5.97 Å². The number of carboxylic acid groups (broad SMARTS) is 1. The summed E-state index contributed by atoms with van der Waals surface area (Å²) < 4.78 is 0. The van der Waals surface area contributed by atoms with Gasteiger partial charge in [-0.25, -0.2) is 9.97 Å². The SMILES string of the molecule is CCc1c(CCN2CC(C(=O)O)C2)cccc1-c1cnc(-c2ccc(CC(C)C)c(C#N)c2)nc1. The molecule has 0 amide bonds. The second kappa shape index (κ2) is 10.8. The van der Waals surface area contributed by atoms with Crippen molar-refractivity contribution in [3.63, 3.8) is 0 Å². The molecule has 6 nitrogen and oxygen atoms in total. The summed E-state index contributed by atoms with van der Waals surface area (Å²) >= 11 is 0. The van der Waals surface area contributed by atoms with E-state index in [0.29, 0.717) is 30.4 Å². The van der Waals surface area contributed by atoms with Gasteiger partial charge in [-0.3, -0.25) is 4.79 Å². The van der Waals surface area contributed by atoms with E-state index in [1.54, 1.807) is 0 Å². The monoisotopic (exact) mass is 468 g/mol. The normalized spacial score (nSPS) is 14.0. The lowest BCUT2D eigenvalue weighted by Gasteiger charge is -2.36. The predicted octanol–water partition coefficient (Wildman–Crippen LogP) is 5.00. The summed E-state index contributed by atoms with van der Waals surface area (Å²) in [5.41, 5.74) is 7.26. The van der Waals surface area contributed by atoms with Gasteiger partial charge >= 0.3 is 5.97 Å². The Bertz CT molecular complexity index is 1240. The highest BCUT2D eigenvalue weighted by molar-refractivity contribution is 5.71. The van der Waals surface area contributed by atoms with E-state index in [0.717, 1.165) is 48.1 Å². The van der Waals surface area contributed by atoms with Gasteiger partial charge in [-0.1, -0.05) is 51.1 Å². The van der Waals surface area contributed by atoms with E-state index in [9.17, 15) is 10.1 Å². The van der Waals surface area contributed by atoms with E-state index in [1.165, 1.54) is 11.1 Å². The maximum absolute atomic E-state index is 11.1. The summed E-state index contributed by atoms with van der Waals surface area (Å²) in [6.07, 6.45) is 6.38. The summed E-state index contributed by atoms with van der Waals surface area (Å²) in [5.74, 6) is 0.176. The number of nitriles is 1. The summed E-state index contributed by atoms with van der Waals surface area (Å²) in [4.78, 5) is 22.5. The van der Waals surface area contributed by atoms with E-state index < -0.39 is 5.97 Å². The summed E-state index contributed by atoms with van der Waals surface area (Å²) in [7, 11) is 0. The number of hydrogen-bond donors (Lipinski definition) is 1. The lowest BCUT2D eigenvalue weighted by Crippen LogP contribution is -2.50. The van der Waals surface area contributed by atoms with Crippen molar-refractivity contribution in [2.75, 3.05) is 19.6 Å². The Morgan fingerprint density at radius 1 is 1.14 bits per heavy atom. The van der Waals surface area contributed by atoms with E-state index in [1.807, 2.05) is 30.6 Å². The van der Waals surface area contributed by atoms with Crippen LogP contribution >= 0.6 is 0 Å². The molecule has 0 spiro atoms. The van der Waals surface area contributed by atoms with Crippen molar-refractivity contribution in [1.29, 1.82) is 5.26 Å². The van der Waals surface area contributed by atoms with Gasteiger partial charge in [-0.05, 0) is 53.5 Å². The van der Waals surface area contributed by atoms with Gasteiger partial charge in [-0.2, -0.15) is 5.26 Å². The van der Waals surface area contributed by atoms with Crippen LogP contribution in [-0.2, 0) is 24.1 Å². The molecule has 0 bridgehead atoms. The average Bonchev–Trinajstić information content (AvgIpc) is 2.82. The van der Waals surface area contributed by atoms with E-state index in [4.69, 9.17) is 5.11 Å². The molecule has 1 fully saturated rings. The van der Waals surface area contributed by atoms with Gasteiger partial charge in [0.1, 0.15) is 0 Å². The zero-order chi connectivity index (χ0) is 24.9. The average molecular weight is 469 g/mol. The third-order valence-corrected chi connectivity index (χ3v) is 6.71. The fourth-order valence-corrected chi connectivity index (χ4v) is 4.80. The van der Waals surface area contributed by atoms with Crippen LogP contribution in [0.3, 0.4) is 0 Å². The molecule has 1 aliphatic rings. The molecule has 1 N–H and O–H groups in total. The number of rotatable bonds is 9. The molecular formula is C29H32N4O2. The van der Waals surface area contributed by atoms with Crippen LogP contribution in [0.1, 0.15) is 43.0 Å². The molecular weight excluding hydrogens is 436 g/mol. The Morgan fingerprint density at radius 3 is 2.51 bits per heavy atom. The minimum atomic E-state index is -0.698. The lowest BCUT2D eigenvalue weighted by atomic mass is 9.92. The first kappa shape index (κ1) is 24.6. The van der Waals surface area contributed by atoms with E-state index in [2.05, 4.69) is 59.9 Å². The number of carboxylic acids is 1. The van der Waals surface area contributed by atoms with Crippen molar-refractivity contribution < 1.29 is 9.90 Å². The Hall–Kier alpha value is -3.56. The van der Waals surface area contributed by atoms with Crippen molar-refractivity contribution in [3.05, 3.63) is 71.0 Å². The number of carbonyl (C=O) groups is 1. The third-order valence-electron chi connectivity index (χ3n) is 6.71.